The lowest BCUT2D eigenvalue weighted by Crippen LogP contribution is -2.24. The summed E-state index contributed by atoms with van der Waals surface area (Å²) in [6, 6.07) is 1.89. The average molecular weight is 238 g/mol. The Morgan fingerprint density at radius 2 is 2.29 bits per heavy atom. The van der Waals surface area contributed by atoms with Crippen molar-refractivity contribution < 1.29 is 4.74 Å². The summed E-state index contributed by atoms with van der Waals surface area (Å²) in [7, 11) is 2.14. The zero-order valence-corrected chi connectivity index (χ0v) is 10.5. The normalized spacial score (nSPS) is 17.8. The molecule has 0 saturated carbocycles. The Bertz CT molecular complexity index is 333. The van der Waals surface area contributed by atoms with E-state index in [9.17, 15) is 0 Å². The van der Waals surface area contributed by atoms with E-state index in [0.29, 0.717) is 5.82 Å². The van der Waals surface area contributed by atoms with E-state index >= 15 is 0 Å². The summed E-state index contributed by atoms with van der Waals surface area (Å²) in [6.07, 6.45) is 3.68. The molecule has 0 unspecified atom stereocenters. The molecule has 5 heteroatoms. The molecule has 0 bridgehead atoms. The number of H-pyrrole nitrogens is 1. The Morgan fingerprint density at radius 3 is 2.94 bits per heavy atom. The summed E-state index contributed by atoms with van der Waals surface area (Å²) in [5.41, 5.74) is 6.65. The van der Waals surface area contributed by atoms with E-state index in [1.807, 2.05) is 6.07 Å². The molecule has 96 valence electrons. The summed E-state index contributed by atoms with van der Waals surface area (Å²) < 4.78 is 5.36. The van der Waals surface area contributed by atoms with E-state index < -0.39 is 0 Å². The molecule has 3 N–H and O–H groups in total. The van der Waals surface area contributed by atoms with Crippen LogP contribution in [0.1, 0.15) is 25.0 Å². The molecule has 1 aliphatic heterocycles. The SMILES string of the molecule is CN(CCC1CCOCC1)Cc1cc(N)n[nH]1. The third kappa shape index (κ3) is 4.02. The molecule has 1 aromatic rings. The van der Waals surface area contributed by atoms with Crippen LogP contribution in [-0.2, 0) is 11.3 Å². The van der Waals surface area contributed by atoms with Gasteiger partial charge >= 0.3 is 0 Å². The zero-order chi connectivity index (χ0) is 12.1. The number of anilines is 1. The van der Waals surface area contributed by atoms with Gasteiger partial charge in [0.15, 0.2) is 0 Å². The zero-order valence-electron chi connectivity index (χ0n) is 10.5. The first-order valence-electron chi connectivity index (χ1n) is 6.30. The van der Waals surface area contributed by atoms with Crippen LogP contribution in [0.5, 0.6) is 0 Å². The predicted octanol–water partition coefficient (Wildman–Crippen LogP) is 1.24. The molecule has 5 nitrogen and oxygen atoms in total. The van der Waals surface area contributed by atoms with E-state index in [-0.39, 0.29) is 0 Å². The Hall–Kier alpha value is -1.07. The average Bonchev–Trinajstić information content (AvgIpc) is 2.73. The van der Waals surface area contributed by atoms with Crippen LogP contribution >= 0.6 is 0 Å². The van der Waals surface area contributed by atoms with Crippen molar-refractivity contribution in [1.29, 1.82) is 0 Å². The van der Waals surface area contributed by atoms with Crippen molar-refractivity contribution in [2.24, 2.45) is 5.92 Å². The number of hydrogen-bond donors (Lipinski definition) is 2. The number of aromatic nitrogens is 2. The number of aromatic amines is 1. The smallest absolute Gasteiger partial charge is 0.145 e. The van der Waals surface area contributed by atoms with Crippen LogP contribution in [0.3, 0.4) is 0 Å². The van der Waals surface area contributed by atoms with Crippen LogP contribution in [-0.4, -0.2) is 41.9 Å². The van der Waals surface area contributed by atoms with Gasteiger partial charge < -0.3 is 15.4 Å². The van der Waals surface area contributed by atoms with Crippen molar-refractivity contribution in [1.82, 2.24) is 15.1 Å². The Morgan fingerprint density at radius 1 is 1.53 bits per heavy atom. The monoisotopic (exact) mass is 238 g/mol. The second kappa shape index (κ2) is 6.02. The lowest BCUT2D eigenvalue weighted by molar-refractivity contribution is 0.0607. The van der Waals surface area contributed by atoms with Crippen molar-refractivity contribution in [2.45, 2.75) is 25.8 Å². The molecule has 0 radical (unpaired) electrons. The summed E-state index contributed by atoms with van der Waals surface area (Å²) in [5.74, 6) is 1.40. The summed E-state index contributed by atoms with van der Waals surface area (Å²) in [4.78, 5) is 2.31. The molecule has 0 spiro atoms. The molecule has 0 aliphatic carbocycles. The fourth-order valence-corrected chi connectivity index (χ4v) is 2.27. The minimum absolute atomic E-state index is 0.567. The highest BCUT2D eigenvalue weighted by atomic mass is 16.5. The van der Waals surface area contributed by atoms with Gasteiger partial charge in [0.2, 0.25) is 0 Å². The first-order chi connectivity index (χ1) is 8.24. The number of nitrogen functional groups attached to an aromatic ring is 1. The fourth-order valence-electron chi connectivity index (χ4n) is 2.27. The molecule has 1 saturated heterocycles. The quantitative estimate of drug-likeness (QED) is 0.810. The van der Waals surface area contributed by atoms with Crippen LogP contribution in [0.2, 0.25) is 0 Å². The molecule has 0 atom stereocenters. The maximum absolute atomic E-state index is 5.57. The first kappa shape index (κ1) is 12.4. The number of rotatable bonds is 5. The van der Waals surface area contributed by atoms with Crippen LogP contribution in [0.25, 0.3) is 0 Å². The topological polar surface area (TPSA) is 67.2 Å². The van der Waals surface area contributed by atoms with Crippen LogP contribution in [0, 0.1) is 5.92 Å². The molecule has 17 heavy (non-hydrogen) atoms. The van der Waals surface area contributed by atoms with E-state index in [0.717, 1.165) is 37.9 Å². The number of hydrogen-bond acceptors (Lipinski definition) is 4. The third-order valence-corrected chi connectivity index (χ3v) is 3.35. The van der Waals surface area contributed by atoms with Gasteiger partial charge in [0, 0.05) is 25.8 Å². The predicted molar refractivity (Wildman–Crippen MR) is 67.5 cm³/mol. The van der Waals surface area contributed by atoms with Crippen molar-refractivity contribution >= 4 is 5.82 Å². The number of ether oxygens (including phenoxy) is 1. The maximum Gasteiger partial charge on any atom is 0.145 e. The van der Waals surface area contributed by atoms with Gasteiger partial charge in [-0.2, -0.15) is 5.10 Å². The van der Waals surface area contributed by atoms with Crippen molar-refractivity contribution in [3.63, 3.8) is 0 Å². The molecule has 1 fully saturated rings. The van der Waals surface area contributed by atoms with Crippen molar-refractivity contribution in [2.75, 3.05) is 32.5 Å². The molecule has 2 heterocycles. The Kier molecular flexibility index (Phi) is 4.39. The van der Waals surface area contributed by atoms with E-state index in [1.54, 1.807) is 0 Å². The third-order valence-electron chi connectivity index (χ3n) is 3.35. The summed E-state index contributed by atoms with van der Waals surface area (Å²) in [6.45, 7) is 3.87. The van der Waals surface area contributed by atoms with Crippen molar-refractivity contribution in [3.8, 4) is 0 Å². The standard InChI is InChI=1S/C12H22N4O/c1-16(9-11-8-12(13)15-14-11)5-2-10-3-6-17-7-4-10/h8,10H,2-7,9H2,1H3,(H3,13,14,15). The van der Waals surface area contributed by atoms with Gasteiger partial charge in [-0.3, -0.25) is 5.10 Å². The Balaban J connectivity index is 1.68. The lowest BCUT2D eigenvalue weighted by atomic mass is 9.96. The van der Waals surface area contributed by atoms with E-state index in [1.165, 1.54) is 19.3 Å². The van der Waals surface area contributed by atoms with Crippen LogP contribution in [0.15, 0.2) is 6.07 Å². The molecule has 1 aliphatic rings. The number of nitrogens with zero attached hydrogens (tertiary/aromatic N) is 2. The molecule has 2 rings (SSSR count). The lowest BCUT2D eigenvalue weighted by Gasteiger charge is -2.24. The summed E-state index contributed by atoms with van der Waals surface area (Å²) in [5, 5.41) is 6.87. The van der Waals surface area contributed by atoms with Gasteiger partial charge in [0.05, 0.1) is 5.69 Å². The van der Waals surface area contributed by atoms with Gasteiger partial charge in [-0.1, -0.05) is 0 Å². The van der Waals surface area contributed by atoms with Crippen molar-refractivity contribution in [3.05, 3.63) is 11.8 Å². The number of nitrogens with two attached hydrogens (primary N) is 1. The minimum atomic E-state index is 0.567. The number of nitrogens with one attached hydrogen (secondary N) is 1. The Labute approximate surface area is 102 Å². The van der Waals surface area contributed by atoms with Gasteiger partial charge in [-0.25, -0.2) is 0 Å². The van der Waals surface area contributed by atoms with Crippen LogP contribution in [0.4, 0.5) is 5.82 Å². The minimum Gasteiger partial charge on any atom is -0.382 e. The molecular formula is C12H22N4O. The molecule has 0 amide bonds. The van der Waals surface area contributed by atoms with Crippen LogP contribution < -0.4 is 5.73 Å². The molecule has 0 aromatic carbocycles. The fraction of sp³-hybridized carbons (Fsp3) is 0.750. The highest BCUT2D eigenvalue weighted by Crippen LogP contribution is 2.18. The highest BCUT2D eigenvalue weighted by molar-refractivity contribution is 5.28. The van der Waals surface area contributed by atoms with Gasteiger partial charge in [0.1, 0.15) is 5.82 Å². The van der Waals surface area contributed by atoms with Gasteiger partial charge in [-0.15, -0.1) is 0 Å². The van der Waals surface area contributed by atoms with E-state index in [2.05, 4.69) is 22.1 Å². The van der Waals surface area contributed by atoms with E-state index in [4.69, 9.17) is 10.5 Å². The molecular weight excluding hydrogens is 216 g/mol. The second-order valence-electron chi connectivity index (χ2n) is 4.90. The maximum atomic E-state index is 5.57. The largest absolute Gasteiger partial charge is 0.382 e. The van der Waals surface area contributed by atoms with Gasteiger partial charge in [0.25, 0.3) is 0 Å². The van der Waals surface area contributed by atoms with Gasteiger partial charge in [-0.05, 0) is 38.8 Å². The summed E-state index contributed by atoms with van der Waals surface area (Å²) >= 11 is 0. The molecule has 1 aromatic heterocycles. The first-order valence-corrected chi connectivity index (χ1v) is 6.30. The second-order valence-corrected chi connectivity index (χ2v) is 4.90. The highest BCUT2D eigenvalue weighted by Gasteiger charge is 2.14.